The Morgan fingerprint density at radius 1 is 0.955 bits per heavy atom. The van der Waals surface area contributed by atoms with Gasteiger partial charge in [0.2, 0.25) is 5.91 Å². The van der Waals surface area contributed by atoms with Crippen LogP contribution in [0.3, 0.4) is 0 Å². The summed E-state index contributed by atoms with van der Waals surface area (Å²) in [7, 11) is 0. The second kappa shape index (κ2) is 5.07. The summed E-state index contributed by atoms with van der Waals surface area (Å²) >= 11 is 0. The minimum absolute atomic E-state index is 0.237. The molecule has 0 radical (unpaired) electrons. The molecule has 0 N–H and O–H groups in total. The van der Waals surface area contributed by atoms with Gasteiger partial charge < -0.3 is 0 Å². The summed E-state index contributed by atoms with van der Waals surface area (Å²) in [6, 6.07) is 11.3. The van der Waals surface area contributed by atoms with E-state index in [9.17, 15) is 18.8 Å². The Kier molecular flexibility index (Phi) is 3.21. The first-order valence-corrected chi connectivity index (χ1v) is 6.54. The van der Waals surface area contributed by atoms with Gasteiger partial charge in [0, 0.05) is 6.92 Å². The Labute approximate surface area is 125 Å². The Morgan fingerprint density at radius 2 is 1.45 bits per heavy atom. The van der Waals surface area contributed by atoms with Gasteiger partial charge in [-0.1, -0.05) is 12.1 Å². The number of carbonyl (C=O) groups is 3. The van der Waals surface area contributed by atoms with Gasteiger partial charge >= 0.3 is 0 Å². The predicted octanol–water partition coefficient (Wildman–Crippen LogP) is 2.39. The molecule has 0 fully saturated rings. The molecule has 1 aliphatic heterocycles. The third-order valence-corrected chi connectivity index (χ3v) is 3.34. The van der Waals surface area contributed by atoms with Crippen LogP contribution >= 0.6 is 0 Å². The number of fused-ring (bicyclic) bond motifs is 1. The Hall–Kier alpha value is -3.02. The van der Waals surface area contributed by atoms with Gasteiger partial charge in [0.05, 0.1) is 16.8 Å². The van der Waals surface area contributed by atoms with Crippen LogP contribution in [0.1, 0.15) is 27.6 Å². The molecule has 3 rings (SSSR count). The lowest BCUT2D eigenvalue weighted by Gasteiger charge is -2.28. The van der Waals surface area contributed by atoms with Crippen molar-refractivity contribution in [3.8, 4) is 0 Å². The summed E-state index contributed by atoms with van der Waals surface area (Å²) in [6.45, 7) is 1.23. The number of hydrogen-bond acceptors (Lipinski definition) is 3. The van der Waals surface area contributed by atoms with Gasteiger partial charge in [-0.3, -0.25) is 14.4 Å². The third kappa shape index (κ3) is 2.05. The van der Waals surface area contributed by atoms with Crippen molar-refractivity contribution in [3.63, 3.8) is 0 Å². The molecule has 1 aliphatic rings. The standard InChI is InChI=1S/C16H11FN2O3/c1-10(20)18(12-8-6-11(17)7-9-12)19-15(21)13-4-2-3-5-14(13)16(19)22/h2-9H,1H3. The highest BCUT2D eigenvalue weighted by Gasteiger charge is 2.41. The number of carbonyl (C=O) groups excluding carboxylic acids is 3. The molecule has 0 saturated carbocycles. The van der Waals surface area contributed by atoms with Crippen LogP contribution in [0.4, 0.5) is 10.1 Å². The van der Waals surface area contributed by atoms with E-state index < -0.39 is 23.5 Å². The first-order chi connectivity index (χ1) is 10.5. The summed E-state index contributed by atoms with van der Waals surface area (Å²) in [4.78, 5) is 36.8. The van der Waals surface area contributed by atoms with Gasteiger partial charge in [0.25, 0.3) is 11.8 Å². The number of imide groups is 1. The zero-order valence-corrected chi connectivity index (χ0v) is 11.6. The minimum Gasteiger partial charge on any atom is -0.273 e. The van der Waals surface area contributed by atoms with Gasteiger partial charge in [0.1, 0.15) is 5.82 Å². The Bertz CT molecular complexity index is 751. The first kappa shape index (κ1) is 13.9. The van der Waals surface area contributed by atoms with Gasteiger partial charge in [-0.05, 0) is 36.4 Å². The zero-order valence-electron chi connectivity index (χ0n) is 11.6. The quantitative estimate of drug-likeness (QED) is 0.800. The fraction of sp³-hybridized carbons (Fsp3) is 0.0625. The number of anilines is 1. The van der Waals surface area contributed by atoms with Crippen LogP contribution in [-0.4, -0.2) is 22.7 Å². The smallest absolute Gasteiger partial charge is 0.273 e. The van der Waals surface area contributed by atoms with Crippen molar-refractivity contribution in [2.75, 3.05) is 5.01 Å². The molecule has 0 spiro atoms. The highest BCUT2D eigenvalue weighted by atomic mass is 19.1. The van der Waals surface area contributed by atoms with E-state index >= 15 is 0 Å². The molecule has 0 aromatic heterocycles. The predicted molar refractivity (Wildman–Crippen MR) is 76.5 cm³/mol. The normalized spacial score (nSPS) is 13.3. The summed E-state index contributed by atoms with van der Waals surface area (Å²) in [5.41, 5.74) is 0.713. The number of hydrazine groups is 1. The molecule has 0 saturated heterocycles. The first-order valence-electron chi connectivity index (χ1n) is 6.54. The van der Waals surface area contributed by atoms with E-state index in [1.54, 1.807) is 12.1 Å². The minimum atomic E-state index is -0.583. The number of amides is 3. The largest absolute Gasteiger partial charge is 0.281 e. The SMILES string of the molecule is CC(=O)N(c1ccc(F)cc1)N1C(=O)c2ccccc2C1=O. The van der Waals surface area contributed by atoms with E-state index in [0.717, 1.165) is 22.2 Å². The maximum atomic E-state index is 13.0. The van der Waals surface area contributed by atoms with Crippen LogP contribution < -0.4 is 5.01 Å². The van der Waals surface area contributed by atoms with Crippen molar-refractivity contribution >= 4 is 23.4 Å². The molecule has 0 aliphatic carbocycles. The lowest BCUT2D eigenvalue weighted by molar-refractivity contribution is -0.118. The number of nitrogens with zero attached hydrogens (tertiary/aromatic N) is 2. The average Bonchev–Trinajstić information content (AvgIpc) is 2.75. The van der Waals surface area contributed by atoms with E-state index in [0.29, 0.717) is 0 Å². The lowest BCUT2D eigenvalue weighted by atomic mass is 10.1. The lowest BCUT2D eigenvalue weighted by Crippen LogP contribution is -2.49. The van der Waals surface area contributed by atoms with Crippen LogP contribution in [0.5, 0.6) is 0 Å². The van der Waals surface area contributed by atoms with Crippen LogP contribution in [-0.2, 0) is 4.79 Å². The highest BCUT2D eigenvalue weighted by molar-refractivity contribution is 6.23. The molecule has 0 bridgehead atoms. The molecule has 6 heteroatoms. The Balaban J connectivity index is 2.08. The van der Waals surface area contributed by atoms with Gasteiger partial charge in [0.15, 0.2) is 0 Å². The highest BCUT2D eigenvalue weighted by Crippen LogP contribution is 2.27. The molecule has 110 valence electrons. The van der Waals surface area contributed by atoms with Crippen LogP contribution in [0.2, 0.25) is 0 Å². The van der Waals surface area contributed by atoms with Crippen molar-refractivity contribution in [1.29, 1.82) is 0 Å². The summed E-state index contributed by atoms with van der Waals surface area (Å²) in [5, 5.41) is 1.73. The molecule has 2 aromatic rings. The van der Waals surface area contributed by atoms with E-state index in [1.165, 1.54) is 31.2 Å². The van der Waals surface area contributed by atoms with Crippen LogP contribution in [0, 0.1) is 5.82 Å². The summed E-state index contributed by atoms with van der Waals surface area (Å²) < 4.78 is 13.0. The molecule has 22 heavy (non-hydrogen) atoms. The maximum Gasteiger partial charge on any atom is 0.281 e. The fourth-order valence-corrected chi connectivity index (χ4v) is 2.38. The molecule has 5 nitrogen and oxygen atoms in total. The van der Waals surface area contributed by atoms with Crippen molar-refractivity contribution in [2.24, 2.45) is 0 Å². The molecular formula is C16H11FN2O3. The molecule has 0 atom stereocenters. The number of rotatable bonds is 2. The molecule has 2 aromatic carbocycles. The van der Waals surface area contributed by atoms with Gasteiger partial charge in [-0.15, -0.1) is 0 Å². The topological polar surface area (TPSA) is 57.7 Å². The molecular weight excluding hydrogens is 287 g/mol. The van der Waals surface area contributed by atoms with E-state index in [1.807, 2.05) is 0 Å². The van der Waals surface area contributed by atoms with Crippen LogP contribution in [0.15, 0.2) is 48.5 Å². The third-order valence-electron chi connectivity index (χ3n) is 3.34. The van der Waals surface area contributed by atoms with E-state index in [2.05, 4.69) is 0 Å². The fourth-order valence-electron chi connectivity index (χ4n) is 2.38. The monoisotopic (exact) mass is 298 g/mol. The number of halogens is 1. The molecule has 1 heterocycles. The van der Waals surface area contributed by atoms with E-state index in [-0.39, 0.29) is 16.8 Å². The maximum absolute atomic E-state index is 13.0. The Morgan fingerprint density at radius 3 is 1.91 bits per heavy atom. The van der Waals surface area contributed by atoms with Crippen molar-refractivity contribution in [1.82, 2.24) is 5.01 Å². The van der Waals surface area contributed by atoms with Crippen molar-refractivity contribution in [3.05, 3.63) is 65.5 Å². The second-order valence-electron chi connectivity index (χ2n) is 4.77. The van der Waals surface area contributed by atoms with Gasteiger partial charge in [-0.2, -0.15) is 5.01 Å². The van der Waals surface area contributed by atoms with Crippen LogP contribution in [0.25, 0.3) is 0 Å². The van der Waals surface area contributed by atoms with Gasteiger partial charge in [-0.25, -0.2) is 9.40 Å². The average molecular weight is 298 g/mol. The summed E-state index contributed by atoms with van der Waals surface area (Å²) in [6.07, 6.45) is 0. The zero-order chi connectivity index (χ0) is 15.9. The molecule has 0 unspecified atom stereocenters. The van der Waals surface area contributed by atoms with Crippen molar-refractivity contribution in [2.45, 2.75) is 6.92 Å². The number of benzene rings is 2. The van der Waals surface area contributed by atoms with E-state index in [4.69, 9.17) is 0 Å². The number of hydrogen-bond donors (Lipinski definition) is 0. The summed E-state index contributed by atoms with van der Waals surface area (Å²) in [5.74, 6) is -2.17. The molecule has 3 amide bonds. The van der Waals surface area contributed by atoms with Crippen molar-refractivity contribution < 1.29 is 18.8 Å². The second-order valence-corrected chi connectivity index (χ2v) is 4.77.